The molecule has 1 saturated heterocycles. The summed E-state index contributed by atoms with van der Waals surface area (Å²) in [4.78, 5) is 19.6. The number of imidazole rings is 1. The number of piperazine rings is 1. The first kappa shape index (κ1) is 13.7. The fourth-order valence-corrected chi connectivity index (χ4v) is 2.90. The molecule has 1 fully saturated rings. The van der Waals surface area contributed by atoms with E-state index in [0.717, 1.165) is 43.8 Å². The first-order valence-corrected chi connectivity index (χ1v) is 7.31. The number of rotatable bonds is 3. The lowest BCUT2D eigenvalue weighted by molar-refractivity contribution is 0.150. The highest BCUT2D eigenvalue weighted by Gasteiger charge is 2.15. The van der Waals surface area contributed by atoms with Gasteiger partial charge in [-0.15, -0.1) is 0 Å². The van der Waals surface area contributed by atoms with Crippen LogP contribution in [-0.2, 0) is 6.54 Å². The molecule has 1 aromatic carbocycles. The van der Waals surface area contributed by atoms with Crippen molar-refractivity contribution in [3.63, 3.8) is 0 Å². The summed E-state index contributed by atoms with van der Waals surface area (Å²) in [5.41, 5.74) is 1.54. The van der Waals surface area contributed by atoms with Gasteiger partial charge in [0.05, 0.1) is 16.1 Å². The fraction of sp³-hybridized carbons (Fsp3) is 0.500. The van der Waals surface area contributed by atoms with Crippen LogP contribution in [0.4, 0.5) is 0 Å². The van der Waals surface area contributed by atoms with Crippen LogP contribution in [0.15, 0.2) is 23.0 Å². The lowest BCUT2D eigenvalue weighted by Crippen LogP contribution is -2.45. The minimum atomic E-state index is -0.0813. The Kier molecular flexibility index (Phi) is 3.83. The summed E-state index contributed by atoms with van der Waals surface area (Å²) in [5.74, 6) is 0. The fourth-order valence-electron chi connectivity index (χ4n) is 2.68. The topological polar surface area (TPSA) is 44.3 Å². The number of nitrogens with zero attached hydrogens (tertiary/aromatic N) is 3. The number of benzene rings is 1. The van der Waals surface area contributed by atoms with Gasteiger partial charge in [0.2, 0.25) is 0 Å². The smallest absolute Gasteiger partial charge is 0.304 e. The molecule has 5 nitrogen and oxygen atoms in total. The van der Waals surface area contributed by atoms with Crippen LogP contribution in [0.3, 0.4) is 0 Å². The van der Waals surface area contributed by atoms with Crippen LogP contribution in [-0.4, -0.2) is 59.1 Å². The molecule has 1 aliphatic heterocycles. The van der Waals surface area contributed by atoms with Crippen molar-refractivity contribution in [2.75, 3.05) is 39.8 Å². The molecule has 6 heteroatoms. The van der Waals surface area contributed by atoms with E-state index in [1.54, 1.807) is 10.6 Å². The maximum atomic E-state index is 12.0. The van der Waals surface area contributed by atoms with Crippen LogP contribution in [0.25, 0.3) is 11.0 Å². The molecule has 2 heterocycles. The number of hydrogen-bond acceptors (Lipinski definition) is 3. The molecule has 1 N–H and O–H groups in total. The van der Waals surface area contributed by atoms with Crippen molar-refractivity contribution < 1.29 is 0 Å². The van der Waals surface area contributed by atoms with Gasteiger partial charge in [-0.05, 0) is 19.2 Å². The van der Waals surface area contributed by atoms with Gasteiger partial charge in [-0.2, -0.15) is 0 Å². The molecule has 0 saturated carbocycles. The van der Waals surface area contributed by atoms with E-state index in [2.05, 4.69) is 21.8 Å². The van der Waals surface area contributed by atoms with Crippen molar-refractivity contribution in [3.05, 3.63) is 33.7 Å². The zero-order valence-corrected chi connectivity index (χ0v) is 12.4. The third-order valence-corrected chi connectivity index (χ3v) is 4.31. The number of hydrogen-bond donors (Lipinski definition) is 1. The molecule has 0 atom stereocenters. The van der Waals surface area contributed by atoms with E-state index in [0.29, 0.717) is 11.6 Å². The van der Waals surface area contributed by atoms with Crippen LogP contribution in [0.5, 0.6) is 0 Å². The zero-order valence-electron chi connectivity index (χ0n) is 11.6. The number of aromatic amines is 1. The third-order valence-electron chi connectivity index (χ3n) is 4.00. The quantitative estimate of drug-likeness (QED) is 0.926. The summed E-state index contributed by atoms with van der Waals surface area (Å²) < 4.78 is 1.78. The van der Waals surface area contributed by atoms with Crippen LogP contribution in [0.2, 0.25) is 5.02 Å². The second-order valence-electron chi connectivity index (χ2n) is 5.36. The van der Waals surface area contributed by atoms with Gasteiger partial charge in [0.15, 0.2) is 0 Å². The van der Waals surface area contributed by atoms with Gasteiger partial charge < -0.3 is 9.88 Å². The largest absolute Gasteiger partial charge is 0.326 e. The molecular weight excluding hydrogens is 276 g/mol. The Morgan fingerprint density at radius 1 is 1.20 bits per heavy atom. The minimum absolute atomic E-state index is 0.0813. The first-order valence-electron chi connectivity index (χ1n) is 6.93. The van der Waals surface area contributed by atoms with Crippen LogP contribution < -0.4 is 5.69 Å². The van der Waals surface area contributed by atoms with Gasteiger partial charge in [0.1, 0.15) is 0 Å². The molecule has 0 spiro atoms. The first-order chi connectivity index (χ1) is 9.65. The van der Waals surface area contributed by atoms with Crippen LogP contribution in [0, 0.1) is 0 Å². The Morgan fingerprint density at radius 3 is 2.70 bits per heavy atom. The Bertz CT molecular complexity index is 655. The summed E-state index contributed by atoms with van der Waals surface area (Å²) in [6.45, 7) is 5.90. The number of fused-ring (bicyclic) bond motifs is 1. The van der Waals surface area contributed by atoms with Gasteiger partial charge in [-0.3, -0.25) is 9.47 Å². The monoisotopic (exact) mass is 294 g/mol. The highest BCUT2D eigenvalue weighted by Crippen LogP contribution is 2.19. The SMILES string of the molecule is CN1CCN(CCn2c(=O)[nH]c3c(Cl)cccc32)CC1. The van der Waals surface area contributed by atoms with E-state index in [1.807, 2.05) is 12.1 Å². The lowest BCUT2D eigenvalue weighted by Gasteiger charge is -2.32. The summed E-state index contributed by atoms with van der Waals surface area (Å²) in [7, 11) is 2.14. The number of likely N-dealkylation sites (N-methyl/N-ethyl adjacent to an activating group) is 1. The highest BCUT2D eigenvalue weighted by atomic mass is 35.5. The molecule has 0 unspecified atom stereocenters. The minimum Gasteiger partial charge on any atom is -0.304 e. The van der Waals surface area contributed by atoms with E-state index in [4.69, 9.17) is 11.6 Å². The van der Waals surface area contributed by atoms with Crippen molar-refractivity contribution in [3.8, 4) is 0 Å². The molecule has 2 aromatic rings. The molecule has 108 valence electrons. The molecule has 20 heavy (non-hydrogen) atoms. The predicted molar refractivity (Wildman–Crippen MR) is 81.5 cm³/mol. The van der Waals surface area contributed by atoms with Crippen molar-refractivity contribution in [1.82, 2.24) is 19.4 Å². The molecule has 3 rings (SSSR count). The molecule has 1 aliphatic rings. The Labute approximate surface area is 122 Å². The van der Waals surface area contributed by atoms with Crippen molar-refractivity contribution in [2.45, 2.75) is 6.54 Å². The predicted octanol–water partition coefficient (Wildman–Crippen LogP) is 1.23. The molecular formula is C14H19ClN4O. The average Bonchev–Trinajstić information content (AvgIpc) is 2.76. The van der Waals surface area contributed by atoms with Gasteiger partial charge in [0.25, 0.3) is 0 Å². The number of aromatic nitrogens is 2. The summed E-state index contributed by atoms with van der Waals surface area (Å²) >= 11 is 6.11. The second kappa shape index (κ2) is 5.60. The maximum Gasteiger partial charge on any atom is 0.326 e. The van der Waals surface area contributed by atoms with Crippen LogP contribution in [0.1, 0.15) is 0 Å². The molecule has 0 amide bonds. The summed E-state index contributed by atoms with van der Waals surface area (Å²) in [5, 5.41) is 0.595. The normalized spacial score (nSPS) is 17.9. The Balaban J connectivity index is 1.76. The lowest BCUT2D eigenvalue weighted by atomic mass is 10.3. The number of H-pyrrole nitrogens is 1. The van der Waals surface area contributed by atoms with Crippen molar-refractivity contribution >= 4 is 22.6 Å². The summed E-state index contributed by atoms with van der Waals surface area (Å²) in [6.07, 6.45) is 0. The molecule has 0 radical (unpaired) electrons. The molecule has 0 bridgehead atoms. The molecule has 1 aromatic heterocycles. The van der Waals surface area contributed by atoms with E-state index in [-0.39, 0.29) is 5.69 Å². The Hall–Kier alpha value is -1.30. The maximum absolute atomic E-state index is 12.0. The van der Waals surface area contributed by atoms with E-state index in [9.17, 15) is 4.79 Å². The Morgan fingerprint density at radius 2 is 1.95 bits per heavy atom. The second-order valence-corrected chi connectivity index (χ2v) is 5.77. The van der Waals surface area contributed by atoms with Crippen LogP contribution >= 0.6 is 11.6 Å². The number of halogens is 1. The highest BCUT2D eigenvalue weighted by molar-refractivity contribution is 6.34. The van der Waals surface area contributed by atoms with E-state index in [1.165, 1.54) is 0 Å². The van der Waals surface area contributed by atoms with Crippen molar-refractivity contribution in [2.24, 2.45) is 0 Å². The van der Waals surface area contributed by atoms with Gasteiger partial charge >= 0.3 is 5.69 Å². The molecule has 0 aliphatic carbocycles. The third kappa shape index (κ3) is 2.61. The zero-order chi connectivity index (χ0) is 14.1. The van der Waals surface area contributed by atoms with Crippen molar-refractivity contribution in [1.29, 1.82) is 0 Å². The standard InChI is InChI=1S/C14H19ClN4O/c1-17-5-7-18(8-6-17)9-10-19-12-4-2-3-11(15)13(12)16-14(19)20/h2-4H,5-10H2,1H3,(H,16,20). The number of para-hydroxylation sites is 1. The van der Waals surface area contributed by atoms with E-state index < -0.39 is 0 Å². The van der Waals surface area contributed by atoms with Gasteiger partial charge in [-0.25, -0.2) is 4.79 Å². The van der Waals surface area contributed by atoms with E-state index >= 15 is 0 Å². The number of nitrogens with one attached hydrogen (secondary N) is 1. The van der Waals surface area contributed by atoms with Gasteiger partial charge in [0, 0.05) is 39.3 Å². The average molecular weight is 295 g/mol. The van der Waals surface area contributed by atoms with Gasteiger partial charge in [-0.1, -0.05) is 17.7 Å². The summed E-state index contributed by atoms with van der Waals surface area (Å²) in [6, 6.07) is 5.61.